The lowest BCUT2D eigenvalue weighted by Gasteiger charge is -2.09. The van der Waals surface area contributed by atoms with Crippen molar-refractivity contribution in [1.29, 1.82) is 0 Å². The topological polar surface area (TPSA) is 68.5 Å². The third-order valence-electron chi connectivity index (χ3n) is 4.90. The largest absolute Gasteiger partial charge is 0.481 e. The van der Waals surface area contributed by atoms with Crippen LogP contribution < -0.4 is 10.2 Å². The van der Waals surface area contributed by atoms with E-state index in [1.165, 1.54) is 12.1 Å². The van der Waals surface area contributed by atoms with E-state index in [1.54, 1.807) is 30.6 Å². The van der Waals surface area contributed by atoms with Gasteiger partial charge in [0.25, 0.3) is 5.91 Å². The van der Waals surface area contributed by atoms with Crippen LogP contribution in [0.15, 0.2) is 72.0 Å². The number of nitrogens with zero attached hydrogens (tertiary/aromatic N) is 3. The molecule has 6 nitrogen and oxygen atoms in total. The van der Waals surface area contributed by atoms with Crippen molar-refractivity contribution in [1.82, 2.24) is 15.0 Å². The summed E-state index contributed by atoms with van der Waals surface area (Å²) in [6.07, 6.45) is 3.27. The highest BCUT2D eigenvalue weighted by molar-refractivity contribution is 5.86. The summed E-state index contributed by atoms with van der Waals surface area (Å²) in [5.74, 6) is -0.117. The van der Waals surface area contributed by atoms with Crippen LogP contribution in [-0.4, -0.2) is 28.3 Å². The van der Waals surface area contributed by atoms with E-state index in [9.17, 15) is 9.18 Å². The Hall–Kier alpha value is -4.00. The van der Waals surface area contributed by atoms with Gasteiger partial charge in [-0.15, -0.1) is 0 Å². The van der Waals surface area contributed by atoms with Gasteiger partial charge >= 0.3 is 0 Å². The van der Waals surface area contributed by atoms with Crippen LogP contribution in [0.3, 0.4) is 0 Å². The van der Waals surface area contributed by atoms with Gasteiger partial charge in [0.15, 0.2) is 6.61 Å². The van der Waals surface area contributed by atoms with Crippen LogP contribution in [0.2, 0.25) is 0 Å². The summed E-state index contributed by atoms with van der Waals surface area (Å²) in [7, 11) is 0. The van der Waals surface area contributed by atoms with Gasteiger partial charge in [-0.1, -0.05) is 18.2 Å². The van der Waals surface area contributed by atoms with E-state index in [4.69, 9.17) is 4.74 Å². The molecule has 0 saturated carbocycles. The molecule has 0 unspecified atom stereocenters. The number of aromatic nitrogens is 2. The van der Waals surface area contributed by atoms with Crippen molar-refractivity contribution in [3.63, 3.8) is 0 Å². The predicted molar refractivity (Wildman–Crippen MR) is 118 cm³/mol. The van der Waals surface area contributed by atoms with Crippen molar-refractivity contribution >= 4 is 23.0 Å². The van der Waals surface area contributed by atoms with Crippen molar-refractivity contribution < 1.29 is 13.9 Å². The minimum atomic E-state index is -0.378. The van der Waals surface area contributed by atoms with E-state index in [0.29, 0.717) is 11.3 Å². The first-order chi connectivity index (χ1) is 15.0. The lowest BCUT2D eigenvalue weighted by Crippen LogP contribution is -2.24. The molecular weight excluding hydrogens is 395 g/mol. The number of rotatable bonds is 6. The molecule has 0 aliphatic rings. The van der Waals surface area contributed by atoms with Gasteiger partial charge in [-0.3, -0.25) is 9.78 Å². The first-order valence-corrected chi connectivity index (χ1v) is 9.76. The Labute approximate surface area is 179 Å². The number of amides is 1. The minimum Gasteiger partial charge on any atom is -0.481 e. The van der Waals surface area contributed by atoms with Gasteiger partial charge in [-0.25, -0.2) is 9.82 Å². The number of hydrazone groups is 1. The van der Waals surface area contributed by atoms with Gasteiger partial charge in [0.2, 0.25) is 0 Å². The fourth-order valence-corrected chi connectivity index (χ4v) is 3.45. The minimum absolute atomic E-state index is 0.179. The van der Waals surface area contributed by atoms with Crippen LogP contribution in [-0.2, 0) is 4.79 Å². The number of fused-ring (bicyclic) bond motifs is 1. The van der Waals surface area contributed by atoms with Crippen LogP contribution >= 0.6 is 0 Å². The first-order valence-electron chi connectivity index (χ1n) is 9.76. The molecule has 7 heteroatoms. The molecule has 2 aromatic carbocycles. The Balaban J connectivity index is 1.40. The Morgan fingerprint density at radius 3 is 2.74 bits per heavy atom. The van der Waals surface area contributed by atoms with Gasteiger partial charge < -0.3 is 9.30 Å². The van der Waals surface area contributed by atoms with Crippen LogP contribution in [0.4, 0.5) is 4.39 Å². The highest BCUT2D eigenvalue weighted by Gasteiger charge is 2.10. The van der Waals surface area contributed by atoms with Crippen LogP contribution in [0, 0.1) is 19.7 Å². The summed E-state index contributed by atoms with van der Waals surface area (Å²) in [6.45, 7) is 3.72. The number of hydrogen-bond acceptors (Lipinski definition) is 4. The maximum absolute atomic E-state index is 13.2. The van der Waals surface area contributed by atoms with E-state index in [1.807, 2.05) is 48.7 Å². The van der Waals surface area contributed by atoms with E-state index in [2.05, 4.69) is 15.5 Å². The van der Waals surface area contributed by atoms with Crippen molar-refractivity contribution in [3.05, 3.63) is 89.6 Å². The zero-order valence-corrected chi connectivity index (χ0v) is 17.2. The highest BCUT2D eigenvalue weighted by atomic mass is 19.1. The molecule has 2 heterocycles. The molecular formula is C24H21FN4O2. The van der Waals surface area contributed by atoms with Crippen molar-refractivity contribution in [2.75, 3.05) is 6.61 Å². The van der Waals surface area contributed by atoms with E-state index < -0.39 is 0 Å². The third-order valence-corrected chi connectivity index (χ3v) is 4.90. The second-order valence-electron chi connectivity index (χ2n) is 7.05. The number of hydrogen-bond donors (Lipinski definition) is 1. The highest BCUT2D eigenvalue weighted by Crippen LogP contribution is 2.23. The second-order valence-corrected chi connectivity index (χ2v) is 7.05. The summed E-state index contributed by atoms with van der Waals surface area (Å²) >= 11 is 0. The fraction of sp³-hybridized carbons (Fsp3) is 0.125. The Bertz CT molecular complexity index is 1260. The van der Waals surface area contributed by atoms with Crippen LogP contribution in [0.25, 0.3) is 16.6 Å². The molecule has 0 aliphatic carbocycles. The van der Waals surface area contributed by atoms with E-state index in [0.717, 1.165) is 28.0 Å². The molecule has 156 valence electrons. The number of halogens is 1. The fourth-order valence-electron chi connectivity index (χ4n) is 3.45. The Kier molecular flexibility index (Phi) is 5.75. The zero-order chi connectivity index (χ0) is 21.8. The molecule has 31 heavy (non-hydrogen) atoms. The number of benzene rings is 2. The van der Waals surface area contributed by atoms with Crippen LogP contribution in [0.1, 0.15) is 17.0 Å². The summed E-state index contributed by atoms with van der Waals surface area (Å²) in [5, 5.41) is 4.99. The number of aryl methyl sites for hydroxylation is 1. The van der Waals surface area contributed by atoms with Gasteiger partial charge in [0.05, 0.1) is 6.21 Å². The number of para-hydroxylation sites is 1. The number of pyridine rings is 1. The zero-order valence-electron chi connectivity index (χ0n) is 17.2. The molecule has 0 bridgehead atoms. The Morgan fingerprint density at radius 2 is 1.94 bits per heavy atom. The third kappa shape index (κ3) is 4.45. The molecule has 4 aromatic rings. The molecule has 2 aromatic heterocycles. The predicted octanol–water partition coefficient (Wildman–Crippen LogP) is 4.31. The number of carbonyl (C=O) groups is 1. The van der Waals surface area contributed by atoms with Crippen molar-refractivity contribution in [2.24, 2.45) is 5.10 Å². The van der Waals surface area contributed by atoms with Gasteiger partial charge in [-0.2, -0.15) is 5.10 Å². The van der Waals surface area contributed by atoms with Gasteiger partial charge in [0, 0.05) is 34.2 Å². The molecule has 0 spiro atoms. The molecule has 1 amide bonds. The molecule has 0 aliphatic heterocycles. The van der Waals surface area contributed by atoms with E-state index in [-0.39, 0.29) is 18.3 Å². The van der Waals surface area contributed by atoms with Gasteiger partial charge in [0.1, 0.15) is 17.1 Å². The smallest absolute Gasteiger partial charge is 0.277 e. The molecule has 0 atom stereocenters. The summed E-state index contributed by atoms with van der Waals surface area (Å²) in [4.78, 5) is 16.4. The monoisotopic (exact) mass is 416 g/mol. The first kappa shape index (κ1) is 20.3. The summed E-state index contributed by atoms with van der Waals surface area (Å²) in [5.41, 5.74) is 6.80. The number of ether oxygens (including phenoxy) is 1. The van der Waals surface area contributed by atoms with Crippen LogP contribution in [0.5, 0.6) is 5.75 Å². The van der Waals surface area contributed by atoms with Crippen molar-refractivity contribution in [3.8, 4) is 11.4 Å². The van der Waals surface area contributed by atoms with E-state index >= 15 is 0 Å². The normalized spacial score (nSPS) is 11.2. The molecule has 0 radical (unpaired) electrons. The SMILES string of the molecule is Cc1cc(/C=N/NC(=O)COc2cccc3cccnc23)c(C)n1-c1ccc(F)cc1. The standard InChI is InChI=1S/C24H21FN4O2/c1-16-13-19(17(2)29(16)21-10-8-20(25)9-11-21)14-27-28-23(30)15-31-22-7-3-5-18-6-4-12-26-24(18)22/h3-14H,15H2,1-2H3,(H,28,30)/b27-14+. The molecule has 0 fully saturated rings. The number of nitrogens with one attached hydrogen (secondary N) is 1. The molecule has 0 saturated heterocycles. The quantitative estimate of drug-likeness (QED) is 0.376. The molecule has 4 rings (SSSR count). The number of carbonyl (C=O) groups excluding carboxylic acids is 1. The second kappa shape index (κ2) is 8.79. The van der Waals surface area contributed by atoms with Gasteiger partial charge in [-0.05, 0) is 56.3 Å². The Morgan fingerprint density at radius 1 is 1.16 bits per heavy atom. The lowest BCUT2D eigenvalue weighted by molar-refractivity contribution is -0.123. The summed E-state index contributed by atoms with van der Waals surface area (Å²) < 4.78 is 20.8. The molecule has 1 N–H and O–H groups in total. The average molecular weight is 416 g/mol. The maximum Gasteiger partial charge on any atom is 0.277 e. The average Bonchev–Trinajstić information content (AvgIpc) is 3.06. The summed E-state index contributed by atoms with van der Waals surface area (Å²) in [6, 6.07) is 17.6. The lowest BCUT2D eigenvalue weighted by atomic mass is 10.2. The van der Waals surface area contributed by atoms with Crippen molar-refractivity contribution in [2.45, 2.75) is 13.8 Å². The maximum atomic E-state index is 13.2.